The Morgan fingerprint density at radius 2 is 2.21 bits per heavy atom. The lowest BCUT2D eigenvalue weighted by atomic mass is 10.2. The lowest BCUT2D eigenvalue weighted by Crippen LogP contribution is -2.45. The number of carbonyl (C=O) groups excluding carboxylic acids is 1. The van der Waals surface area contributed by atoms with Crippen molar-refractivity contribution in [2.45, 2.75) is 20.3 Å². The van der Waals surface area contributed by atoms with Gasteiger partial charge in [0, 0.05) is 19.5 Å². The van der Waals surface area contributed by atoms with Crippen molar-refractivity contribution in [1.82, 2.24) is 10.2 Å². The number of amides is 2. The molecule has 106 valence electrons. The van der Waals surface area contributed by atoms with Gasteiger partial charge >= 0.3 is 12.0 Å². The molecule has 6 nitrogen and oxygen atoms in total. The Morgan fingerprint density at radius 1 is 1.47 bits per heavy atom. The zero-order valence-corrected chi connectivity index (χ0v) is 11.3. The maximum Gasteiger partial charge on any atom is 0.323 e. The second-order valence-electron chi connectivity index (χ2n) is 4.73. The Hall–Kier alpha value is -1.98. The van der Waals surface area contributed by atoms with E-state index in [9.17, 15) is 9.59 Å². The zero-order chi connectivity index (χ0) is 14.3. The third kappa shape index (κ3) is 5.94. The molecule has 0 atom stereocenters. The predicted octanol–water partition coefficient (Wildman–Crippen LogP) is 1.57. The van der Waals surface area contributed by atoms with Gasteiger partial charge in [0.2, 0.25) is 0 Å². The number of carbonyl (C=O) groups is 2. The number of aliphatic carboxylic acids is 1. The number of urea groups is 1. The molecule has 0 saturated heterocycles. The number of hydrogen-bond donors (Lipinski definition) is 2. The van der Waals surface area contributed by atoms with Crippen LogP contribution in [0, 0.1) is 5.92 Å². The van der Waals surface area contributed by atoms with Crippen molar-refractivity contribution >= 4 is 12.0 Å². The minimum absolute atomic E-state index is 0.218. The van der Waals surface area contributed by atoms with Crippen molar-refractivity contribution in [3.63, 3.8) is 0 Å². The van der Waals surface area contributed by atoms with E-state index in [2.05, 4.69) is 5.32 Å². The normalized spacial score (nSPS) is 10.5. The van der Waals surface area contributed by atoms with Crippen molar-refractivity contribution in [2.75, 3.05) is 19.6 Å². The molecule has 0 unspecified atom stereocenters. The summed E-state index contributed by atoms with van der Waals surface area (Å²) in [6.07, 6.45) is 2.16. The molecule has 0 saturated carbocycles. The van der Waals surface area contributed by atoms with Crippen LogP contribution in [0.4, 0.5) is 4.79 Å². The van der Waals surface area contributed by atoms with Crippen LogP contribution >= 0.6 is 0 Å². The summed E-state index contributed by atoms with van der Waals surface area (Å²) in [5.41, 5.74) is 0. The second kappa shape index (κ2) is 7.45. The summed E-state index contributed by atoms with van der Waals surface area (Å²) >= 11 is 0. The molecule has 0 aromatic carbocycles. The number of nitrogens with zero attached hydrogens (tertiary/aromatic N) is 1. The number of carboxylic acids is 1. The van der Waals surface area contributed by atoms with Crippen LogP contribution in [0.3, 0.4) is 0 Å². The van der Waals surface area contributed by atoms with Crippen LogP contribution in [0.5, 0.6) is 0 Å². The van der Waals surface area contributed by atoms with Crippen LogP contribution in [0.25, 0.3) is 0 Å². The van der Waals surface area contributed by atoms with E-state index in [1.54, 1.807) is 12.3 Å². The first-order valence-electron chi connectivity index (χ1n) is 6.26. The average molecular weight is 268 g/mol. The summed E-state index contributed by atoms with van der Waals surface area (Å²) in [5.74, 6) is -0.00838. The van der Waals surface area contributed by atoms with Crippen LogP contribution in [-0.4, -0.2) is 41.6 Å². The maximum atomic E-state index is 11.9. The molecule has 2 N–H and O–H groups in total. The van der Waals surface area contributed by atoms with E-state index in [0.29, 0.717) is 19.5 Å². The highest BCUT2D eigenvalue weighted by molar-refractivity contribution is 5.80. The lowest BCUT2D eigenvalue weighted by Gasteiger charge is -2.22. The van der Waals surface area contributed by atoms with Gasteiger partial charge in [0.1, 0.15) is 12.3 Å². The Morgan fingerprint density at radius 3 is 2.74 bits per heavy atom. The van der Waals surface area contributed by atoms with Crippen LogP contribution < -0.4 is 5.32 Å². The van der Waals surface area contributed by atoms with Crippen molar-refractivity contribution in [2.24, 2.45) is 5.92 Å². The van der Waals surface area contributed by atoms with Gasteiger partial charge in [0.15, 0.2) is 0 Å². The van der Waals surface area contributed by atoms with E-state index in [-0.39, 0.29) is 18.5 Å². The van der Waals surface area contributed by atoms with Crippen LogP contribution in [0.1, 0.15) is 19.6 Å². The standard InChI is InChI=1S/C13H20N2O4/c1-10(2)8-15(9-12(16)17)13(18)14-6-5-11-4-3-7-19-11/h3-4,7,10H,5-6,8-9H2,1-2H3,(H,14,18)(H,16,17). The first kappa shape index (κ1) is 15.1. The van der Waals surface area contributed by atoms with Crippen molar-refractivity contribution in [3.05, 3.63) is 24.2 Å². The average Bonchev–Trinajstić information content (AvgIpc) is 2.79. The minimum Gasteiger partial charge on any atom is -0.480 e. The van der Waals surface area contributed by atoms with Crippen LogP contribution in [0.2, 0.25) is 0 Å². The molecule has 0 fully saturated rings. The van der Waals surface area contributed by atoms with E-state index < -0.39 is 5.97 Å². The highest BCUT2D eigenvalue weighted by Gasteiger charge is 2.17. The van der Waals surface area contributed by atoms with Gasteiger partial charge in [-0.3, -0.25) is 4.79 Å². The summed E-state index contributed by atoms with van der Waals surface area (Å²) in [6.45, 7) is 4.42. The fourth-order valence-electron chi connectivity index (χ4n) is 1.68. The highest BCUT2D eigenvalue weighted by Crippen LogP contribution is 2.01. The van der Waals surface area contributed by atoms with Gasteiger partial charge in [-0.2, -0.15) is 0 Å². The molecule has 0 aliphatic rings. The summed E-state index contributed by atoms with van der Waals surface area (Å²) in [6, 6.07) is 3.25. The van der Waals surface area contributed by atoms with Gasteiger partial charge in [-0.1, -0.05) is 13.8 Å². The SMILES string of the molecule is CC(C)CN(CC(=O)O)C(=O)NCCc1ccco1. The lowest BCUT2D eigenvalue weighted by molar-refractivity contribution is -0.137. The first-order valence-corrected chi connectivity index (χ1v) is 6.26. The van der Waals surface area contributed by atoms with Crippen molar-refractivity contribution < 1.29 is 19.1 Å². The molecule has 0 spiro atoms. The third-order valence-corrected chi connectivity index (χ3v) is 2.43. The van der Waals surface area contributed by atoms with E-state index in [4.69, 9.17) is 9.52 Å². The maximum absolute atomic E-state index is 11.9. The third-order valence-electron chi connectivity index (χ3n) is 2.43. The Bertz CT molecular complexity index is 401. The van der Waals surface area contributed by atoms with Gasteiger partial charge in [-0.05, 0) is 18.1 Å². The van der Waals surface area contributed by atoms with Crippen molar-refractivity contribution in [3.8, 4) is 0 Å². The first-order chi connectivity index (χ1) is 8.99. The van der Waals surface area contributed by atoms with Gasteiger partial charge < -0.3 is 19.7 Å². The van der Waals surface area contributed by atoms with Gasteiger partial charge in [0.05, 0.1) is 6.26 Å². The number of carboxylic acid groups (broad SMARTS) is 1. The molecular formula is C13H20N2O4. The number of furan rings is 1. The fraction of sp³-hybridized carbons (Fsp3) is 0.538. The van der Waals surface area contributed by atoms with Crippen molar-refractivity contribution in [1.29, 1.82) is 0 Å². The molecule has 0 bridgehead atoms. The molecule has 1 aromatic heterocycles. The summed E-state index contributed by atoms with van der Waals surface area (Å²) in [4.78, 5) is 23.9. The number of hydrogen-bond acceptors (Lipinski definition) is 3. The molecule has 0 aliphatic carbocycles. The van der Waals surface area contributed by atoms with E-state index >= 15 is 0 Å². The van der Waals surface area contributed by atoms with Gasteiger partial charge in [-0.25, -0.2) is 4.79 Å². The molecule has 1 heterocycles. The number of nitrogens with one attached hydrogen (secondary N) is 1. The topological polar surface area (TPSA) is 82.8 Å². The molecule has 1 aromatic rings. The van der Waals surface area contributed by atoms with Gasteiger partial charge in [-0.15, -0.1) is 0 Å². The minimum atomic E-state index is -1.01. The summed E-state index contributed by atoms with van der Waals surface area (Å²) < 4.78 is 5.15. The van der Waals surface area contributed by atoms with Gasteiger partial charge in [0.25, 0.3) is 0 Å². The van der Waals surface area contributed by atoms with Crippen LogP contribution in [0.15, 0.2) is 22.8 Å². The van der Waals surface area contributed by atoms with Crippen LogP contribution in [-0.2, 0) is 11.2 Å². The summed E-state index contributed by atoms with van der Waals surface area (Å²) in [5, 5.41) is 11.5. The molecule has 2 amide bonds. The Balaban J connectivity index is 2.40. The molecule has 1 rings (SSSR count). The molecular weight excluding hydrogens is 248 g/mol. The molecule has 0 radical (unpaired) electrons. The van der Waals surface area contributed by atoms with E-state index in [1.165, 1.54) is 4.90 Å². The Kier molecular flexibility index (Phi) is 5.92. The van der Waals surface area contributed by atoms with E-state index in [1.807, 2.05) is 19.9 Å². The largest absolute Gasteiger partial charge is 0.480 e. The molecule has 6 heteroatoms. The zero-order valence-electron chi connectivity index (χ0n) is 11.3. The molecule has 19 heavy (non-hydrogen) atoms. The summed E-state index contributed by atoms with van der Waals surface area (Å²) in [7, 11) is 0. The highest BCUT2D eigenvalue weighted by atomic mass is 16.4. The van der Waals surface area contributed by atoms with E-state index in [0.717, 1.165) is 5.76 Å². The smallest absolute Gasteiger partial charge is 0.323 e. The Labute approximate surface area is 112 Å². The second-order valence-corrected chi connectivity index (χ2v) is 4.73. The monoisotopic (exact) mass is 268 g/mol. The molecule has 0 aliphatic heterocycles. The number of rotatable bonds is 7. The predicted molar refractivity (Wildman–Crippen MR) is 69.9 cm³/mol. The quantitative estimate of drug-likeness (QED) is 0.786. The fourth-order valence-corrected chi connectivity index (χ4v) is 1.68.